The summed E-state index contributed by atoms with van der Waals surface area (Å²) >= 11 is 0. The lowest BCUT2D eigenvalue weighted by molar-refractivity contribution is -0.0499. The van der Waals surface area contributed by atoms with Crippen LogP contribution in [0, 0.1) is 0 Å². The van der Waals surface area contributed by atoms with Gasteiger partial charge in [0.05, 0.1) is 0 Å². The maximum absolute atomic E-state index is 12.2. The minimum absolute atomic E-state index is 0.237. The molecule has 1 aliphatic rings. The van der Waals surface area contributed by atoms with Crippen LogP contribution in [-0.4, -0.2) is 37.7 Å². The van der Waals surface area contributed by atoms with Crippen molar-refractivity contribution in [1.82, 2.24) is 10.2 Å². The molecule has 1 aliphatic heterocycles. The Bertz CT molecular complexity index is 395. The van der Waals surface area contributed by atoms with Crippen molar-refractivity contribution in [2.75, 3.05) is 26.2 Å². The van der Waals surface area contributed by atoms with Gasteiger partial charge in [-0.3, -0.25) is 4.90 Å². The molecule has 1 N–H and O–H groups in total. The number of benzene rings is 1. The van der Waals surface area contributed by atoms with E-state index in [4.69, 9.17) is 0 Å². The van der Waals surface area contributed by atoms with Gasteiger partial charge in [-0.25, -0.2) is 0 Å². The van der Waals surface area contributed by atoms with Gasteiger partial charge in [0.25, 0.3) is 0 Å². The highest BCUT2D eigenvalue weighted by molar-refractivity contribution is 5.30. The molecule has 1 heterocycles. The molecule has 0 aliphatic carbocycles. The summed E-state index contributed by atoms with van der Waals surface area (Å²) in [5.41, 5.74) is 1.04. The molecule has 0 amide bonds. The van der Waals surface area contributed by atoms with Crippen molar-refractivity contribution < 1.29 is 13.5 Å². The summed E-state index contributed by atoms with van der Waals surface area (Å²) in [6.07, 6.45) is 0.956. The summed E-state index contributed by atoms with van der Waals surface area (Å²) in [4.78, 5) is 2.39. The van der Waals surface area contributed by atoms with E-state index in [1.165, 1.54) is 0 Å². The molecule has 1 aromatic rings. The monoisotopic (exact) mass is 270 g/mol. The van der Waals surface area contributed by atoms with Crippen molar-refractivity contribution in [2.24, 2.45) is 0 Å². The van der Waals surface area contributed by atoms with Gasteiger partial charge < -0.3 is 10.1 Å². The summed E-state index contributed by atoms with van der Waals surface area (Å²) < 4.78 is 29.0. The van der Waals surface area contributed by atoms with Crippen LogP contribution < -0.4 is 10.1 Å². The SMILES string of the molecule is CC[C@@H](c1cccc(OC(F)F)c1)N1CCNCC1. The maximum atomic E-state index is 12.2. The average molecular weight is 270 g/mol. The van der Waals surface area contributed by atoms with Gasteiger partial charge in [0.15, 0.2) is 0 Å². The first kappa shape index (κ1) is 14.2. The van der Waals surface area contributed by atoms with Crippen molar-refractivity contribution >= 4 is 0 Å². The van der Waals surface area contributed by atoms with Crippen LogP contribution in [0.5, 0.6) is 5.75 Å². The molecule has 1 saturated heterocycles. The Morgan fingerprint density at radius 1 is 1.32 bits per heavy atom. The highest BCUT2D eigenvalue weighted by atomic mass is 19.3. The third-order valence-electron chi connectivity index (χ3n) is 3.45. The van der Waals surface area contributed by atoms with Crippen LogP contribution >= 0.6 is 0 Å². The zero-order valence-electron chi connectivity index (χ0n) is 11.1. The van der Waals surface area contributed by atoms with Crippen LogP contribution in [0.3, 0.4) is 0 Å². The Morgan fingerprint density at radius 3 is 2.68 bits per heavy atom. The maximum Gasteiger partial charge on any atom is 0.387 e. The lowest BCUT2D eigenvalue weighted by Gasteiger charge is -2.34. The molecule has 106 valence electrons. The fraction of sp³-hybridized carbons (Fsp3) is 0.571. The molecule has 1 fully saturated rings. The first-order chi connectivity index (χ1) is 9.20. The molecule has 1 aromatic carbocycles. The van der Waals surface area contributed by atoms with Crippen LogP contribution in [0.15, 0.2) is 24.3 Å². The molecular formula is C14H20F2N2O. The topological polar surface area (TPSA) is 24.5 Å². The van der Waals surface area contributed by atoms with Crippen LogP contribution in [0.4, 0.5) is 8.78 Å². The molecule has 0 saturated carbocycles. The van der Waals surface area contributed by atoms with Gasteiger partial charge in [-0.05, 0) is 24.1 Å². The van der Waals surface area contributed by atoms with Crippen LogP contribution in [0.2, 0.25) is 0 Å². The van der Waals surface area contributed by atoms with E-state index in [1.54, 1.807) is 18.2 Å². The molecule has 19 heavy (non-hydrogen) atoms. The lowest BCUT2D eigenvalue weighted by atomic mass is 10.0. The second-order valence-corrected chi connectivity index (χ2v) is 4.66. The zero-order chi connectivity index (χ0) is 13.7. The van der Waals surface area contributed by atoms with Crippen molar-refractivity contribution in [2.45, 2.75) is 26.0 Å². The molecule has 1 atom stereocenters. The van der Waals surface area contributed by atoms with E-state index < -0.39 is 6.61 Å². The normalized spacial score (nSPS) is 18.5. The second kappa shape index (κ2) is 6.82. The van der Waals surface area contributed by atoms with E-state index in [0.717, 1.165) is 38.2 Å². The number of nitrogens with zero attached hydrogens (tertiary/aromatic N) is 1. The van der Waals surface area contributed by atoms with E-state index in [9.17, 15) is 8.78 Å². The summed E-state index contributed by atoms with van der Waals surface area (Å²) in [5.74, 6) is 0.237. The molecule has 0 aromatic heterocycles. The minimum atomic E-state index is -2.77. The third kappa shape index (κ3) is 3.88. The molecular weight excluding hydrogens is 250 g/mol. The molecule has 3 nitrogen and oxygen atoms in total. The molecule has 0 spiro atoms. The number of halogens is 2. The fourth-order valence-electron chi connectivity index (χ4n) is 2.60. The Kier molecular flexibility index (Phi) is 5.10. The van der Waals surface area contributed by atoms with Crippen molar-refractivity contribution in [3.63, 3.8) is 0 Å². The number of piperazine rings is 1. The summed E-state index contributed by atoms with van der Waals surface area (Å²) in [7, 11) is 0. The third-order valence-corrected chi connectivity index (χ3v) is 3.45. The number of hydrogen-bond acceptors (Lipinski definition) is 3. The first-order valence-corrected chi connectivity index (χ1v) is 6.70. The molecule has 0 unspecified atom stereocenters. The van der Waals surface area contributed by atoms with Gasteiger partial charge in [-0.1, -0.05) is 19.1 Å². The van der Waals surface area contributed by atoms with E-state index in [0.29, 0.717) is 0 Å². The van der Waals surface area contributed by atoms with Crippen molar-refractivity contribution in [1.29, 1.82) is 0 Å². The molecule has 0 bridgehead atoms. The molecule has 0 radical (unpaired) electrons. The van der Waals surface area contributed by atoms with E-state index in [2.05, 4.69) is 21.9 Å². The number of nitrogens with one attached hydrogen (secondary N) is 1. The number of rotatable bonds is 5. The highest BCUT2D eigenvalue weighted by Gasteiger charge is 2.21. The van der Waals surface area contributed by atoms with Gasteiger partial charge in [-0.2, -0.15) is 8.78 Å². The minimum Gasteiger partial charge on any atom is -0.435 e. The fourth-order valence-corrected chi connectivity index (χ4v) is 2.60. The molecule has 2 rings (SSSR count). The second-order valence-electron chi connectivity index (χ2n) is 4.66. The number of alkyl halides is 2. The number of hydrogen-bond donors (Lipinski definition) is 1. The smallest absolute Gasteiger partial charge is 0.387 e. The van der Waals surface area contributed by atoms with Crippen molar-refractivity contribution in [3.05, 3.63) is 29.8 Å². The standard InChI is InChI=1S/C14H20F2N2O/c1-2-13(18-8-6-17-7-9-18)11-4-3-5-12(10-11)19-14(15)16/h3-5,10,13-14,17H,2,6-9H2,1H3/t13-/m0/s1. The van der Waals surface area contributed by atoms with Gasteiger partial charge in [0.1, 0.15) is 5.75 Å². The van der Waals surface area contributed by atoms with Crippen LogP contribution in [0.25, 0.3) is 0 Å². The summed E-state index contributed by atoms with van der Waals surface area (Å²) in [5, 5.41) is 3.32. The van der Waals surface area contributed by atoms with Gasteiger partial charge >= 0.3 is 6.61 Å². The van der Waals surface area contributed by atoms with Crippen LogP contribution in [0.1, 0.15) is 24.9 Å². The van der Waals surface area contributed by atoms with E-state index in [1.807, 2.05) is 6.07 Å². The van der Waals surface area contributed by atoms with E-state index in [-0.39, 0.29) is 11.8 Å². The Labute approximate surface area is 112 Å². The predicted octanol–water partition coefficient (Wildman–Crippen LogP) is 2.64. The van der Waals surface area contributed by atoms with Gasteiger partial charge in [0.2, 0.25) is 0 Å². The van der Waals surface area contributed by atoms with E-state index >= 15 is 0 Å². The highest BCUT2D eigenvalue weighted by Crippen LogP contribution is 2.27. The van der Waals surface area contributed by atoms with Gasteiger partial charge in [-0.15, -0.1) is 0 Å². The lowest BCUT2D eigenvalue weighted by Crippen LogP contribution is -2.45. The summed E-state index contributed by atoms with van der Waals surface area (Å²) in [6.45, 7) is 3.27. The van der Waals surface area contributed by atoms with Gasteiger partial charge in [0, 0.05) is 32.2 Å². The zero-order valence-corrected chi connectivity index (χ0v) is 11.1. The Hall–Kier alpha value is -1.20. The summed E-state index contributed by atoms with van der Waals surface area (Å²) in [6, 6.07) is 7.32. The quantitative estimate of drug-likeness (QED) is 0.890. The predicted molar refractivity (Wildman–Crippen MR) is 70.5 cm³/mol. The average Bonchev–Trinajstić information content (AvgIpc) is 2.40. The first-order valence-electron chi connectivity index (χ1n) is 6.70. The Balaban J connectivity index is 2.12. The van der Waals surface area contributed by atoms with Crippen LogP contribution in [-0.2, 0) is 0 Å². The number of ether oxygens (including phenoxy) is 1. The largest absolute Gasteiger partial charge is 0.435 e. The Morgan fingerprint density at radius 2 is 2.05 bits per heavy atom. The molecule has 5 heteroatoms. The van der Waals surface area contributed by atoms with Crippen molar-refractivity contribution in [3.8, 4) is 5.75 Å².